The molecule has 194 valence electrons. The van der Waals surface area contributed by atoms with Gasteiger partial charge in [-0.05, 0) is 49.8 Å². The highest BCUT2D eigenvalue weighted by Gasteiger charge is 2.21. The zero-order chi connectivity index (χ0) is 26.2. The molecule has 10 heteroatoms. The van der Waals surface area contributed by atoms with E-state index >= 15 is 0 Å². The normalized spacial score (nSPS) is 14.3. The Morgan fingerprint density at radius 3 is 2.46 bits per heavy atom. The Bertz CT molecular complexity index is 1230. The highest BCUT2D eigenvalue weighted by atomic mass is 35.5. The minimum absolute atomic E-state index is 0.0227. The van der Waals surface area contributed by atoms with Crippen LogP contribution >= 0.6 is 11.6 Å². The maximum atomic E-state index is 12.8. The summed E-state index contributed by atoms with van der Waals surface area (Å²) < 4.78 is 0. The predicted octanol–water partition coefficient (Wildman–Crippen LogP) is 3.11. The fraction of sp³-hybridized carbons (Fsp3) is 0.333. The molecule has 9 nitrogen and oxygen atoms in total. The molecule has 0 atom stereocenters. The van der Waals surface area contributed by atoms with E-state index in [1.54, 1.807) is 48.5 Å². The van der Waals surface area contributed by atoms with E-state index in [-0.39, 0.29) is 29.5 Å². The van der Waals surface area contributed by atoms with Crippen LogP contribution in [0.15, 0.2) is 54.9 Å². The molecule has 3 N–H and O–H groups in total. The number of anilines is 1. The lowest BCUT2D eigenvalue weighted by Crippen LogP contribution is -2.45. The standard InChI is InChI=1S/C27H31ClN6O3/c1-33-13-15-34(16-14-33)12-4-11-29-26(36)24-25(31-18-30-24)27(37)32-20-9-7-19(8-10-20)17-23(35)21-5-2-3-6-22(21)28/h2-3,5-10,18H,4,11-17H2,1H3,(H,29,36)(H,30,31)(H,32,37). The number of nitrogens with zero attached hydrogens (tertiary/aromatic N) is 3. The molecular weight excluding hydrogens is 492 g/mol. The van der Waals surface area contributed by atoms with E-state index in [0.29, 0.717) is 22.8 Å². The molecule has 0 unspecified atom stereocenters. The number of rotatable bonds is 10. The largest absolute Gasteiger partial charge is 0.351 e. The predicted molar refractivity (Wildman–Crippen MR) is 143 cm³/mol. The second-order valence-electron chi connectivity index (χ2n) is 9.11. The van der Waals surface area contributed by atoms with Crippen LogP contribution in [0.4, 0.5) is 5.69 Å². The Kier molecular flexibility index (Phi) is 9.05. The van der Waals surface area contributed by atoms with Gasteiger partial charge in [0.15, 0.2) is 11.5 Å². The quantitative estimate of drug-likeness (QED) is 0.279. The van der Waals surface area contributed by atoms with Crippen molar-refractivity contribution in [2.45, 2.75) is 12.8 Å². The van der Waals surface area contributed by atoms with Crippen LogP contribution in [0.3, 0.4) is 0 Å². The number of nitrogens with one attached hydrogen (secondary N) is 3. The molecular formula is C27H31ClN6O3. The summed E-state index contributed by atoms with van der Waals surface area (Å²) in [6, 6.07) is 13.9. The van der Waals surface area contributed by atoms with Gasteiger partial charge >= 0.3 is 0 Å². The lowest BCUT2D eigenvalue weighted by molar-refractivity contribution is 0.0931. The zero-order valence-corrected chi connectivity index (χ0v) is 21.6. The van der Waals surface area contributed by atoms with Gasteiger partial charge in [-0.25, -0.2) is 4.98 Å². The lowest BCUT2D eigenvalue weighted by Gasteiger charge is -2.32. The monoisotopic (exact) mass is 522 g/mol. The number of aromatic nitrogens is 2. The summed E-state index contributed by atoms with van der Waals surface area (Å²) in [6.07, 6.45) is 2.35. The molecule has 2 heterocycles. The first-order chi connectivity index (χ1) is 17.9. The van der Waals surface area contributed by atoms with Crippen molar-refractivity contribution in [1.82, 2.24) is 25.1 Å². The molecule has 2 amide bonds. The molecule has 3 aromatic rings. The molecule has 0 saturated carbocycles. The highest BCUT2D eigenvalue weighted by molar-refractivity contribution is 6.34. The van der Waals surface area contributed by atoms with E-state index in [4.69, 9.17) is 11.6 Å². The molecule has 1 aliphatic rings. The van der Waals surface area contributed by atoms with Crippen molar-refractivity contribution >= 4 is 34.9 Å². The number of piperazine rings is 1. The summed E-state index contributed by atoms with van der Waals surface area (Å²) in [6.45, 7) is 5.62. The number of amides is 2. The number of carbonyl (C=O) groups excluding carboxylic acids is 3. The van der Waals surface area contributed by atoms with E-state index in [1.807, 2.05) is 0 Å². The van der Waals surface area contributed by atoms with Gasteiger partial charge in [-0.2, -0.15) is 0 Å². The second-order valence-corrected chi connectivity index (χ2v) is 9.52. The van der Waals surface area contributed by atoms with Crippen molar-refractivity contribution in [1.29, 1.82) is 0 Å². The van der Waals surface area contributed by atoms with Crippen LogP contribution in [0.5, 0.6) is 0 Å². The van der Waals surface area contributed by atoms with Crippen molar-refractivity contribution in [3.8, 4) is 0 Å². The SMILES string of the molecule is CN1CCN(CCCNC(=O)c2[nH]cnc2C(=O)Nc2ccc(CC(=O)c3ccccc3Cl)cc2)CC1. The number of imidazole rings is 1. The summed E-state index contributed by atoms with van der Waals surface area (Å²) >= 11 is 6.12. The van der Waals surface area contributed by atoms with Crippen molar-refractivity contribution in [2.75, 3.05) is 51.6 Å². The Labute approximate surface area is 221 Å². The van der Waals surface area contributed by atoms with Gasteiger partial charge in [0.1, 0.15) is 5.69 Å². The average molecular weight is 523 g/mol. The van der Waals surface area contributed by atoms with Crippen LogP contribution in [-0.4, -0.2) is 83.7 Å². The molecule has 1 aliphatic heterocycles. The van der Waals surface area contributed by atoms with E-state index in [0.717, 1.165) is 44.7 Å². The molecule has 0 radical (unpaired) electrons. The third-order valence-electron chi connectivity index (χ3n) is 6.36. The summed E-state index contributed by atoms with van der Waals surface area (Å²) in [5.74, 6) is -0.948. The highest BCUT2D eigenvalue weighted by Crippen LogP contribution is 2.19. The summed E-state index contributed by atoms with van der Waals surface area (Å²) in [4.78, 5) is 49.5. The molecule has 37 heavy (non-hydrogen) atoms. The lowest BCUT2D eigenvalue weighted by atomic mass is 10.0. The van der Waals surface area contributed by atoms with Crippen LogP contribution in [0.1, 0.15) is 43.3 Å². The van der Waals surface area contributed by atoms with Crippen molar-refractivity contribution in [3.63, 3.8) is 0 Å². The van der Waals surface area contributed by atoms with Crippen LogP contribution in [0.2, 0.25) is 5.02 Å². The number of Topliss-reactive ketones (excluding diaryl/α,β-unsaturated/α-hetero) is 1. The summed E-state index contributed by atoms with van der Waals surface area (Å²) in [7, 11) is 2.12. The topological polar surface area (TPSA) is 110 Å². The van der Waals surface area contributed by atoms with Crippen molar-refractivity contribution < 1.29 is 14.4 Å². The van der Waals surface area contributed by atoms with E-state index in [1.165, 1.54) is 6.33 Å². The van der Waals surface area contributed by atoms with E-state index in [2.05, 4.69) is 37.4 Å². The Balaban J connectivity index is 1.26. The van der Waals surface area contributed by atoms with E-state index < -0.39 is 5.91 Å². The number of ketones is 1. The van der Waals surface area contributed by atoms with Gasteiger partial charge in [-0.15, -0.1) is 0 Å². The third kappa shape index (κ3) is 7.25. The van der Waals surface area contributed by atoms with Crippen LogP contribution in [-0.2, 0) is 6.42 Å². The smallest absolute Gasteiger partial charge is 0.276 e. The van der Waals surface area contributed by atoms with Gasteiger partial charge in [0.05, 0.1) is 11.3 Å². The molecule has 0 aliphatic carbocycles. The number of benzene rings is 2. The molecule has 2 aromatic carbocycles. The first-order valence-electron chi connectivity index (χ1n) is 12.3. The molecule has 1 fully saturated rings. The molecule has 0 spiro atoms. The molecule has 4 rings (SSSR count). The minimum atomic E-state index is -0.497. The molecule has 0 bridgehead atoms. The van der Waals surface area contributed by atoms with Crippen LogP contribution in [0, 0.1) is 0 Å². The van der Waals surface area contributed by atoms with Gasteiger partial charge in [0, 0.05) is 50.4 Å². The Hall–Kier alpha value is -3.53. The van der Waals surface area contributed by atoms with Gasteiger partial charge in [0.2, 0.25) is 0 Å². The fourth-order valence-electron chi connectivity index (χ4n) is 4.17. The van der Waals surface area contributed by atoms with Crippen LogP contribution in [0.25, 0.3) is 0 Å². The van der Waals surface area contributed by atoms with E-state index in [9.17, 15) is 14.4 Å². The number of H-pyrrole nitrogens is 1. The Morgan fingerprint density at radius 2 is 1.73 bits per heavy atom. The first kappa shape index (κ1) is 26.5. The number of carbonyl (C=O) groups is 3. The number of likely N-dealkylation sites (N-methyl/N-ethyl adjacent to an activating group) is 1. The maximum absolute atomic E-state index is 12.8. The fourth-order valence-corrected chi connectivity index (χ4v) is 4.41. The van der Waals surface area contributed by atoms with Crippen molar-refractivity contribution in [3.05, 3.63) is 82.4 Å². The second kappa shape index (κ2) is 12.6. The number of hydrogen-bond donors (Lipinski definition) is 3. The van der Waals surface area contributed by atoms with Gasteiger partial charge in [0.25, 0.3) is 11.8 Å². The number of hydrogen-bond acceptors (Lipinski definition) is 6. The Morgan fingerprint density at radius 1 is 1.00 bits per heavy atom. The van der Waals surface area contributed by atoms with Crippen molar-refractivity contribution in [2.24, 2.45) is 0 Å². The first-order valence-corrected chi connectivity index (χ1v) is 12.7. The maximum Gasteiger partial charge on any atom is 0.276 e. The summed E-state index contributed by atoms with van der Waals surface area (Å²) in [5, 5.41) is 6.05. The number of aromatic amines is 1. The van der Waals surface area contributed by atoms with Gasteiger partial charge in [-0.3, -0.25) is 14.4 Å². The van der Waals surface area contributed by atoms with Gasteiger partial charge < -0.3 is 25.4 Å². The molecule has 1 aromatic heterocycles. The average Bonchev–Trinajstić information content (AvgIpc) is 3.39. The summed E-state index contributed by atoms with van der Waals surface area (Å²) in [5.41, 5.74) is 1.94. The molecule has 1 saturated heterocycles. The zero-order valence-electron chi connectivity index (χ0n) is 20.8. The minimum Gasteiger partial charge on any atom is -0.351 e. The number of halogens is 1. The van der Waals surface area contributed by atoms with Gasteiger partial charge in [-0.1, -0.05) is 35.9 Å². The van der Waals surface area contributed by atoms with Crippen LogP contribution < -0.4 is 10.6 Å². The third-order valence-corrected chi connectivity index (χ3v) is 6.69.